The van der Waals surface area contributed by atoms with Crippen LogP contribution in [-0.4, -0.2) is 26.1 Å². The molecule has 0 unspecified atom stereocenters. The van der Waals surface area contributed by atoms with E-state index >= 15 is 0 Å². The number of hydrogen-bond acceptors (Lipinski definition) is 2. The van der Waals surface area contributed by atoms with Gasteiger partial charge < -0.3 is 5.32 Å². The number of amides is 1. The molecule has 2 aliphatic rings. The van der Waals surface area contributed by atoms with Crippen molar-refractivity contribution in [3.8, 4) is 11.5 Å². The van der Waals surface area contributed by atoms with Crippen LogP contribution in [0.2, 0.25) is 16.6 Å². The Kier molecular flexibility index (Phi) is 6.13. The fraction of sp³-hybridized carbons (Fsp3) is 0.560. The van der Waals surface area contributed by atoms with Crippen molar-refractivity contribution in [3.63, 3.8) is 0 Å². The fourth-order valence-corrected chi connectivity index (χ4v) is 11.1. The minimum Gasteiger partial charge on any atom is -0.325 e. The van der Waals surface area contributed by atoms with E-state index in [2.05, 4.69) is 81.9 Å². The number of para-hydroxylation sites is 1. The van der Waals surface area contributed by atoms with Crippen molar-refractivity contribution in [3.05, 3.63) is 42.0 Å². The molecule has 2 N–H and O–H groups in total. The van der Waals surface area contributed by atoms with E-state index in [0.717, 1.165) is 17.7 Å². The standard InChI is InChI=1S/C25H36N2OSi/c1-8-11-20-16-25(21-12-9-10-13-22(21)27-24(25)28)23(26-20)14-15-29(17(2)3,18(4)5)19(6)7/h8-13,17-20,23,26H,16H2,1-7H3,(H,27,28)/b11-8-/t20-,23-,25-/m0/s1. The zero-order valence-electron chi connectivity index (χ0n) is 19.0. The zero-order chi connectivity index (χ0) is 21.4. The van der Waals surface area contributed by atoms with E-state index < -0.39 is 13.5 Å². The molecule has 3 nitrogen and oxygen atoms in total. The summed E-state index contributed by atoms with van der Waals surface area (Å²) >= 11 is 0. The van der Waals surface area contributed by atoms with Crippen molar-refractivity contribution in [1.29, 1.82) is 0 Å². The van der Waals surface area contributed by atoms with Crippen LogP contribution in [0.5, 0.6) is 0 Å². The number of rotatable bonds is 4. The summed E-state index contributed by atoms with van der Waals surface area (Å²) in [4.78, 5) is 13.3. The predicted molar refractivity (Wildman–Crippen MR) is 126 cm³/mol. The first-order valence-electron chi connectivity index (χ1n) is 11.0. The van der Waals surface area contributed by atoms with Gasteiger partial charge in [-0.1, -0.05) is 77.8 Å². The van der Waals surface area contributed by atoms with Crippen LogP contribution >= 0.6 is 0 Å². The number of carbonyl (C=O) groups is 1. The van der Waals surface area contributed by atoms with Crippen molar-refractivity contribution in [2.45, 2.75) is 89.0 Å². The van der Waals surface area contributed by atoms with E-state index in [0.29, 0.717) is 16.6 Å². The predicted octanol–water partition coefficient (Wildman–Crippen LogP) is 5.40. The van der Waals surface area contributed by atoms with Crippen LogP contribution in [0.3, 0.4) is 0 Å². The van der Waals surface area contributed by atoms with Crippen LogP contribution in [-0.2, 0) is 10.2 Å². The second-order valence-corrected chi connectivity index (χ2v) is 15.2. The molecule has 0 saturated carbocycles. The van der Waals surface area contributed by atoms with Crippen molar-refractivity contribution >= 4 is 19.7 Å². The maximum absolute atomic E-state index is 13.3. The van der Waals surface area contributed by atoms with Gasteiger partial charge in [-0.3, -0.25) is 10.1 Å². The first-order valence-corrected chi connectivity index (χ1v) is 13.3. The van der Waals surface area contributed by atoms with Gasteiger partial charge in [-0.15, -0.1) is 5.54 Å². The topological polar surface area (TPSA) is 41.1 Å². The van der Waals surface area contributed by atoms with Gasteiger partial charge in [0.25, 0.3) is 0 Å². The summed E-state index contributed by atoms with van der Waals surface area (Å²) in [6.07, 6.45) is 4.98. The van der Waals surface area contributed by atoms with Gasteiger partial charge in [-0.2, -0.15) is 0 Å². The normalized spacial score (nSPS) is 26.5. The minimum absolute atomic E-state index is 0.0865. The first kappa shape index (κ1) is 21.9. The third-order valence-corrected chi connectivity index (χ3v) is 13.5. The Balaban J connectivity index is 2.13. The highest BCUT2D eigenvalue weighted by molar-refractivity contribution is 6.90. The van der Waals surface area contributed by atoms with E-state index in [4.69, 9.17) is 0 Å². The third-order valence-electron chi connectivity index (χ3n) is 7.20. The molecule has 0 radical (unpaired) electrons. The van der Waals surface area contributed by atoms with Gasteiger partial charge in [0.2, 0.25) is 5.91 Å². The molecule has 1 aromatic rings. The summed E-state index contributed by atoms with van der Waals surface area (Å²) in [6.45, 7) is 16.0. The lowest BCUT2D eigenvalue weighted by molar-refractivity contribution is -0.120. The number of hydrogen-bond donors (Lipinski definition) is 2. The third kappa shape index (κ3) is 3.39. The number of allylic oxidation sites excluding steroid dienone is 1. The second kappa shape index (κ2) is 8.12. The Morgan fingerprint density at radius 1 is 1.10 bits per heavy atom. The number of fused-ring (bicyclic) bond motifs is 2. The fourth-order valence-electron chi connectivity index (χ4n) is 5.86. The van der Waals surface area contributed by atoms with Gasteiger partial charge in [0.1, 0.15) is 13.5 Å². The van der Waals surface area contributed by atoms with Gasteiger partial charge in [0, 0.05) is 11.7 Å². The largest absolute Gasteiger partial charge is 0.325 e. The quantitative estimate of drug-likeness (QED) is 0.398. The summed E-state index contributed by atoms with van der Waals surface area (Å²) in [5, 5.41) is 6.82. The van der Waals surface area contributed by atoms with E-state index in [1.807, 2.05) is 25.1 Å². The molecule has 0 aromatic heterocycles. The minimum atomic E-state index is -1.87. The van der Waals surface area contributed by atoms with E-state index in [-0.39, 0.29) is 18.0 Å². The van der Waals surface area contributed by atoms with Gasteiger partial charge in [0.15, 0.2) is 0 Å². The lowest BCUT2D eigenvalue weighted by Gasteiger charge is -2.38. The molecule has 2 aliphatic heterocycles. The smallest absolute Gasteiger partial charge is 0.237 e. The summed E-state index contributed by atoms with van der Waals surface area (Å²) < 4.78 is 0. The summed E-state index contributed by atoms with van der Waals surface area (Å²) in [5.74, 6) is 3.75. The van der Waals surface area contributed by atoms with Crippen LogP contribution in [0.4, 0.5) is 5.69 Å². The van der Waals surface area contributed by atoms with E-state index in [1.165, 1.54) is 0 Å². The van der Waals surface area contributed by atoms with Crippen LogP contribution in [0.15, 0.2) is 36.4 Å². The zero-order valence-corrected chi connectivity index (χ0v) is 20.0. The number of anilines is 1. The lowest BCUT2D eigenvalue weighted by Crippen LogP contribution is -2.47. The highest BCUT2D eigenvalue weighted by Crippen LogP contribution is 2.47. The van der Waals surface area contributed by atoms with Crippen LogP contribution < -0.4 is 10.6 Å². The molecule has 1 spiro atoms. The molecule has 156 valence electrons. The number of carbonyl (C=O) groups excluding carboxylic acids is 1. The Hall–Kier alpha value is -1.83. The highest BCUT2D eigenvalue weighted by Gasteiger charge is 2.57. The molecule has 29 heavy (non-hydrogen) atoms. The van der Waals surface area contributed by atoms with Crippen molar-refractivity contribution < 1.29 is 4.79 Å². The Morgan fingerprint density at radius 3 is 2.31 bits per heavy atom. The molecule has 4 heteroatoms. The molecule has 1 aromatic carbocycles. The Morgan fingerprint density at radius 2 is 1.72 bits per heavy atom. The molecular weight excluding hydrogens is 372 g/mol. The SMILES string of the molecule is C/C=C\[C@H]1C[C@@]2(C(=O)Nc3ccccc32)[C@H](C#C[Si](C(C)C)(C(C)C)C(C)C)N1. The molecule has 0 aliphatic carbocycles. The molecule has 3 atom stereocenters. The maximum atomic E-state index is 13.3. The van der Waals surface area contributed by atoms with E-state index in [1.54, 1.807) is 0 Å². The van der Waals surface area contributed by atoms with Crippen LogP contribution in [0.1, 0.15) is 60.5 Å². The van der Waals surface area contributed by atoms with Crippen LogP contribution in [0, 0.1) is 11.5 Å². The molecule has 1 saturated heterocycles. The highest BCUT2D eigenvalue weighted by atomic mass is 28.3. The molecular formula is C25H36N2OSi. The molecule has 1 amide bonds. The average molecular weight is 409 g/mol. The van der Waals surface area contributed by atoms with Crippen molar-refractivity contribution in [2.75, 3.05) is 5.32 Å². The number of benzene rings is 1. The van der Waals surface area contributed by atoms with Gasteiger partial charge in [-0.05, 0) is 41.6 Å². The van der Waals surface area contributed by atoms with Gasteiger partial charge in [-0.25, -0.2) is 0 Å². The Bertz CT molecular complexity index is 839. The maximum Gasteiger partial charge on any atom is 0.237 e. The lowest BCUT2D eigenvalue weighted by atomic mass is 9.74. The summed E-state index contributed by atoms with van der Waals surface area (Å²) in [5.41, 5.74) is 7.00. The summed E-state index contributed by atoms with van der Waals surface area (Å²) in [6, 6.07) is 8.10. The molecule has 1 fully saturated rings. The molecule has 3 rings (SSSR count). The average Bonchev–Trinajstić information content (AvgIpc) is 3.14. The van der Waals surface area contributed by atoms with Crippen molar-refractivity contribution in [2.24, 2.45) is 0 Å². The number of nitrogens with one attached hydrogen (secondary N) is 2. The summed E-state index contributed by atoms with van der Waals surface area (Å²) in [7, 11) is -1.87. The second-order valence-electron chi connectivity index (χ2n) is 9.57. The van der Waals surface area contributed by atoms with E-state index in [9.17, 15) is 4.79 Å². The van der Waals surface area contributed by atoms with Gasteiger partial charge >= 0.3 is 0 Å². The Labute approximate surface area is 177 Å². The van der Waals surface area contributed by atoms with Crippen molar-refractivity contribution in [1.82, 2.24) is 5.32 Å². The first-order chi connectivity index (χ1) is 13.7. The monoisotopic (exact) mass is 408 g/mol. The molecule has 0 bridgehead atoms. The van der Waals surface area contributed by atoms with Crippen LogP contribution in [0.25, 0.3) is 0 Å². The molecule has 2 heterocycles. The van der Waals surface area contributed by atoms with Gasteiger partial charge in [0.05, 0.1) is 6.04 Å².